The van der Waals surface area contributed by atoms with Crippen LogP contribution < -0.4 is 10.6 Å². The highest BCUT2D eigenvalue weighted by atomic mass is 19.1. The van der Waals surface area contributed by atoms with Gasteiger partial charge >= 0.3 is 0 Å². The van der Waals surface area contributed by atoms with Gasteiger partial charge in [-0.1, -0.05) is 6.42 Å². The predicted octanol–water partition coefficient (Wildman–Crippen LogP) is 3.55. The molecular formula is C17H21FN2O2. The second kappa shape index (κ2) is 6.07. The average Bonchev–Trinajstić information content (AvgIpc) is 3.04. The lowest BCUT2D eigenvalue weighted by atomic mass is 9.86. The molecule has 2 fully saturated rings. The highest BCUT2D eigenvalue weighted by Crippen LogP contribution is 2.49. The van der Waals surface area contributed by atoms with Gasteiger partial charge in [-0.2, -0.15) is 0 Å². The Kier molecular flexibility index (Phi) is 4.14. The van der Waals surface area contributed by atoms with Gasteiger partial charge in [0, 0.05) is 19.0 Å². The number of benzene rings is 1. The van der Waals surface area contributed by atoms with Crippen molar-refractivity contribution in [2.45, 2.75) is 39.0 Å². The summed E-state index contributed by atoms with van der Waals surface area (Å²) in [6.45, 7) is 1.39. The van der Waals surface area contributed by atoms with Gasteiger partial charge in [0.2, 0.25) is 11.8 Å². The van der Waals surface area contributed by atoms with E-state index in [1.165, 1.54) is 44.4 Å². The van der Waals surface area contributed by atoms with Crippen molar-refractivity contribution in [3.05, 3.63) is 24.0 Å². The zero-order valence-corrected chi connectivity index (χ0v) is 12.7. The van der Waals surface area contributed by atoms with Gasteiger partial charge < -0.3 is 10.6 Å². The highest BCUT2D eigenvalue weighted by Gasteiger charge is 2.40. The fourth-order valence-corrected chi connectivity index (χ4v) is 3.97. The van der Waals surface area contributed by atoms with Crippen molar-refractivity contribution in [1.82, 2.24) is 0 Å². The van der Waals surface area contributed by atoms with Gasteiger partial charge in [-0.05, 0) is 55.2 Å². The molecule has 2 bridgehead atoms. The van der Waals surface area contributed by atoms with Crippen LogP contribution in [0.15, 0.2) is 18.2 Å². The summed E-state index contributed by atoms with van der Waals surface area (Å²) in [5.41, 5.74) is 0.600. The van der Waals surface area contributed by atoms with Crippen LogP contribution in [0.1, 0.15) is 39.0 Å². The lowest BCUT2D eigenvalue weighted by Gasteiger charge is -2.21. The van der Waals surface area contributed by atoms with Gasteiger partial charge in [0.25, 0.3) is 0 Å². The highest BCUT2D eigenvalue weighted by molar-refractivity contribution is 5.93. The molecule has 0 unspecified atom stereocenters. The predicted molar refractivity (Wildman–Crippen MR) is 82.9 cm³/mol. The Bertz CT molecular complexity index is 602. The SMILES string of the molecule is CC(=O)Nc1ccc(F)c(NC(=O)C[C@H]2C[C@H]3CC[C@H]2C3)c1. The molecule has 0 aromatic heterocycles. The van der Waals surface area contributed by atoms with E-state index in [0.717, 1.165) is 12.3 Å². The normalized spacial score (nSPS) is 26.0. The maximum Gasteiger partial charge on any atom is 0.224 e. The Hall–Kier alpha value is -1.91. The molecule has 1 aromatic carbocycles. The number of amides is 2. The summed E-state index contributed by atoms with van der Waals surface area (Å²) in [4.78, 5) is 23.2. The third-order valence-electron chi connectivity index (χ3n) is 4.89. The lowest BCUT2D eigenvalue weighted by Crippen LogP contribution is -2.21. The van der Waals surface area contributed by atoms with E-state index in [2.05, 4.69) is 10.6 Å². The third-order valence-corrected chi connectivity index (χ3v) is 4.89. The monoisotopic (exact) mass is 304 g/mol. The molecule has 0 spiro atoms. The molecule has 0 radical (unpaired) electrons. The number of halogens is 1. The van der Waals surface area contributed by atoms with E-state index in [1.807, 2.05) is 0 Å². The van der Waals surface area contributed by atoms with Gasteiger partial charge in [0.1, 0.15) is 5.82 Å². The first-order valence-corrected chi connectivity index (χ1v) is 7.88. The zero-order valence-electron chi connectivity index (χ0n) is 12.7. The Balaban J connectivity index is 1.62. The molecule has 22 heavy (non-hydrogen) atoms. The molecule has 2 amide bonds. The number of rotatable bonds is 4. The van der Waals surface area contributed by atoms with Gasteiger partial charge in [-0.3, -0.25) is 9.59 Å². The number of nitrogens with one attached hydrogen (secondary N) is 2. The molecule has 0 saturated heterocycles. The van der Waals surface area contributed by atoms with Gasteiger partial charge in [0.15, 0.2) is 0 Å². The molecule has 3 rings (SSSR count). The number of fused-ring (bicyclic) bond motifs is 2. The first kappa shape index (κ1) is 15.0. The summed E-state index contributed by atoms with van der Waals surface area (Å²) < 4.78 is 13.8. The molecule has 2 N–H and O–H groups in total. The summed E-state index contributed by atoms with van der Waals surface area (Å²) >= 11 is 0. The average molecular weight is 304 g/mol. The summed E-state index contributed by atoms with van der Waals surface area (Å²) in [7, 11) is 0. The smallest absolute Gasteiger partial charge is 0.224 e. The van der Waals surface area contributed by atoms with Crippen LogP contribution in [0.5, 0.6) is 0 Å². The van der Waals surface area contributed by atoms with Crippen molar-refractivity contribution in [2.75, 3.05) is 10.6 Å². The van der Waals surface area contributed by atoms with Crippen LogP contribution in [0.3, 0.4) is 0 Å². The molecule has 2 saturated carbocycles. The second-order valence-electron chi connectivity index (χ2n) is 6.56. The van der Waals surface area contributed by atoms with Gasteiger partial charge in [0.05, 0.1) is 5.69 Å². The van der Waals surface area contributed by atoms with E-state index in [9.17, 15) is 14.0 Å². The lowest BCUT2D eigenvalue weighted by molar-refractivity contribution is -0.117. The van der Waals surface area contributed by atoms with E-state index in [4.69, 9.17) is 0 Å². The van der Waals surface area contributed by atoms with Crippen molar-refractivity contribution in [1.29, 1.82) is 0 Å². The van der Waals surface area contributed by atoms with Crippen LogP contribution >= 0.6 is 0 Å². The minimum Gasteiger partial charge on any atom is -0.326 e. The standard InChI is InChI=1S/C17H21FN2O2/c1-10(21)19-14-4-5-15(18)16(9-14)20-17(22)8-13-7-11-2-3-12(13)6-11/h4-5,9,11-13H,2-3,6-8H2,1H3,(H,19,21)(H,20,22)/t11-,12-,13+/m0/s1. The van der Waals surface area contributed by atoms with Crippen LogP contribution in [0, 0.1) is 23.6 Å². The van der Waals surface area contributed by atoms with E-state index in [-0.39, 0.29) is 17.5 Å². The molecule has 2 aliphatic rings. The Morgan fingerprint density at radius 3 is 2.68 bits per heavy atom. The van der Waals surface area contributed by atoms with Crippen LogP contribution in [0.4, 0.5) is 15.8 Å². The molecule has 0 heterocycles. The van der Waals surface area contributed by atoms with Crippen molar-refractivity contribution < 1.29 is 14.0 Å². The molecular weight excluding hydrogens is 283 g/mol. The minimum atomic E-state index is -0.490. The maximum absolute atomic E-state index is 13.8. The third kappa shape index (κ3) is 3.29. The van der Waals surface area contributed by atoms with Gasteiger partial charge in [-0.15, -0.1) is 0 Å². The molecule has 5 heteroatoms. The van der Waals surface area contributed by atoms with Crippen LogP contribution in [-0.2, 0) is 9.59 Å². The summed E-state index contributed by atoms with van der Waals surface area (Å²) in [5, 5.41) is 5.23. The fourth-order valence-electron chi connectivity index (χ4n) is 3.97. The summed E-state index contributed by atoms with van der Waals surface area (Å²) in [6.07, 6.45) is 5.38. The summed E-state index contributed by atoms with van der Waals surface area (Å²) in [6, 6.07) is 4.18. The maximum atomic E-state index is 13.8. The van der Waals surface area contributed by atoms with E-state index >= 15 is 0 Å². The Morgan fingerprint density at radius 2 is 2.05 bits per heavy atom. The van der Waals surface area contributed by atoms with E-state index in [0.29, 0.717) is 23.9 Å². The largest absolute Gasteiger partial charge is 0.326 e. The molecule has 2 aliphatic carbocycles. The Morgan fingerprint density at radius 1 is 1.23 bits per heavy atom. The second-order valence-corrected chi connectivity index (χ2v) is 6.56. The van der Waals surface area contributed by atoms with Crippen molar-refractivity contribution in [3.8, 4) is 0 Å². The number of anilines is 2. The zero-order chi connectivity index (χ0) is 15.7. The molecule has 1 aromatic rings. The topological polar surface area (TPSA) is 58.2 Å². The Labute approximate surface area is 129 Å². The number of hydrogen-bond acceptors (Lipinski definition) is 2. The van der Waals surface area contributed by atoms with Crippen molar-refractivity contribution >= 4 is 23.2 Å². The van der Waals surface area contributed by atoms with Crippen molar-refractivity contribution in [3.63, 3.8) is 0 Å². The van der Waals surface area contributed by atoms with E-state index < -0.39 is 5.82 Å². The quantitative estimate of drug-likeness (QED) is 0.893. The number of carbonyl (C=O) groups is 2. The molecule has 3 atom stereocenters. The van der Waals surface area contributed by atoms with E-state index in [1.54, 1.807) is 0 Å². The summed E-state index contributed by atoms with van der Waals surface area (Å²) in [5.74, 6) is 1.05. The van der Waals surface area contributed by atoms with Crippen LogP contribution in [0.25, 0.3) is 0 Å². The van der Waals surface area contributed by atoms with Crippen molar-refractivity contribution in [2.24, 2.45) is 17.8 Å². The minimum absolute atomic E-state index is 0.124. The molecule has 4 nitrogen and oxygen atoms in total. The van der Waals surface area contributed by atoms with Gasteiger partial charge in [-0.25, -0.2) is 4.39 Å². The first-order valence-electron chi connectivity index (χ1n) is 7.88. The molecule has 0 aliphatic heterocycles. The first-order chi connectivity index (χ1) is 10.5. The number of carbonyl (C=O) groups excluding carboxylic acids is 2. The van der Waals surface area contributed by atoms with Crippen LogP contribution in [-0.4, -0.2) is 11.8 Å². The fraction of sp³-hybridized carbons (Fsp3) is 0.529. The van der Waals surface area contributed by atoms with Crippen LogP contribution in [0.2, 0.25) is 0 Å². The number of hydrogen-bond donors (Lipinski definition) is 2. The molecule has 118 valence electrons.